The molecule has 0 aromatic rings. The van der Waals surface area contributed by atoms with Crippen LogP contribution in [0.1, 0.15) is 192 Å². The molecule has 0 unspecified atom stereocenters. The molecule has 0 bridgehead atoms. The molecule has 0 rings (SSSR count). The Morgan fingerprint density at radius 1 is 0.255 bits per heavy atom. The molecule has 0 aliphatic carbocycles. The second-order valence-electron chi connectivity index (χ2n) is 15.8. The molecule has 288 valence electrons. The van der Waals surface area contributed by atoms with Crippen molar-refractivity contribution in [1.82, 2.24) is 0 Å². The van der Waals surface area contributed by atoms with Crippen molar-refractivity contribution in [2.45, 2.75) is 192 Å². The summed E-state index contributed by atoms with van der Waals surface area (Å²) in [4.78, 5) is 0. The van der Waals surface area contributed by atoms with E-state index in [-0.39, 0.29) is 6.61 Å². The first-order chi connectivity index (χ1) is 24.3. The maximum absolute atomic E-state index is 8.98. The maximum atomic E-state index is 8.98. The first kappa shape index (κ1) is 48.4. The lowest BCUT2D eigenvalue weighted by atomic mass is 10.0. The number of aliphatic hydroxyl groups excluding tert-OH is 1. The van der Waals surface area contributed by atoms with Crippen molar-refractivity contribution < 1.29 is 5.11 Å². The number of hydrogen-bond donors (Lipinski definition) is 1. The van der Waals surface area contributed by atoms with E-state index in [4.69, 9.17) is 5.11 Å². The van der Waals surface area contributed by atoms with Crippen molar-refractivity contribution in [1.29, 1.82) is 0 Å². The average Bonchev–Trinajstić information content (AvgIpc) is 3.04. The van der Waals surface area contributed by atoms with Crippen LogP contribution in [0.15, 0.2) is 116 Å². The summed E-state index contributed by atoms with van der Waals surface area (Å²) in [7, 11) is 0. The van der Waals surface area contributed by atoms with Crippen molar-refractivity contribution in [3.8, 4) is 0 Å². The summed E-state index contributed by atoms with van der Waals surface area (Å²) in [6.07, 6.45) is 44.5. The Hall–Kier alpha value is -2.64. The quantitative estimate of drug-likeness (QED) is 0.0807. The van der Waals surface area contributed by atoms with Gasteiger partial charge in [0.1, 0.15) is 0 Å². The highest BCUT2D eigenvalue weighted by Crippen LogP contribution is 2.18. The van der Waals surface area contributed by atoms with Gasteiger partial charge in [0, 0.05) is 0 Å². The van der Waals surface area contributed by atoms with Crippen molar-refractivity contribution in [2.24, 2.45) is 0 Å². The summed E-state index contributed by atoms with van der Waals surface area (Å²) in [5.41, 5.74) is 14.8. The minimum Gasteiger partial charge on any atom is -0.392 e. The van der Waals surface area contributed by atoms with E-state index in [0.717, 1.165) is 64.2 Å². The van der Waals surface area contributed by atoms with Crippen LogP contribution in [0.5, 0.6) is 0 Å². The minimum atomic E-state index is 0.150. The zero-order chi connectivity index (χ0) is 38.3. The molecule has 0 atom stereocenters. The van der Waals surface area contributed by atoms with Crippen molar-refractivity contribution in [3.05, 3.63) is 116 Å². The highest BCUT2D eigenvalue weighted by molar-refractivity contribution is 5.11. The van der Waals surface area contributed by atoms with Gasteiger partial charge >= 0.3 is 0 Å². The van der Waals surface area contributed by atoms with E-state index >= 15 is 0 Å². The Morgan fingerprint density at radius 3 is 0.569 bits per heavy atom. The van der Waals surface area contributed by atoms with Gasteiger partial charge in [-0.1, -0.05) is 116 Å². The largest absolute Gasteiger partial charge is 0.392 e. The van der Waals surface area contributed by atoms with Gasteiger partial charge < -0.3 is 5.11 Å². The molecule has 0 amide bonds. The highest BCUT2D eigenvalue weighted by atomic mass is 16.2. The molecule has 0 aliphatic rings. The molecule has 51 heavy (non-hydrogen) atoms. The van der Waals surface area contributed by atoms with E-state index in [9.17, 15) is 0 Å². The molecule has 0 aromatic heterocycles. The fourth-order valence-electron chi connectivity index (χ4n) is 6.03. The third-order valence-corrected chi connectivity index (χ3v) is 9.78. The van der Waals surface area contributed by atoms with Crippen LogP contribution < -0.4 is 0 Å². The van der Waals surface area contributed by atoms with E-state index in [2.05, 4.69) is 131 Å². The smallest absolute Gasteiger partial charge is 0.0614 e. The number of rotatable bonds is 28. The van der Waals surface area contributed by atoms with Crippen LogP contribution >= 0.6 is 0 Å². The summed E-state index contributed by atoms with van der Waals surface area (Å²) in [5.74, 6) is 0. The van der Waals surface area contributed by atoms with Crippen LogP contribution in [-0.4, -0.2) is 11.7 Å². The van der Waals surface area contributed by atoms with Crippen molar-refractivity contribution in [2.75, 3.05) is 6.61 Å². The van der Waals surface area contributed by atoms with Gasteiger partial charge in [-0.3, -0.25) is 0 Å². The second kappa shape index (κ2) is 32.0. The molecule has 0 saturated heterocycles. The van der Waals surface area contributed by atoms with Crippen LogP contribution in [0, 0.1) is 0 Å². The molecular formula is C50H82O. The normalized spacial score (nSPS) is 14.9. The molecular weight excluding hydrogens is 617 g/mol. The topological polar surface area (TPSA) is 20.2 Å². The summed E-state index contributed by atoms with van der Waals surface area (Å²) in [6, 6.07) is 0. The summed E-state index contributed by atoms with van der Waals surface area (Å²) >= 11 is 0. The molecule has 1 nitrogen and oxygen atoms in total. The lowest BCUT2D eigenvalue weighted by Gasteiger charge is -2.04. The van der Waals surface area contributed by atoms with Crippen LogP contribution in [0.25, 0.3) is 0 Å². The van der Waals surface area contributed by atoms with E-state index < -0.39 is 0 Å². The zero-order valence-corrected chi connectivity index (χ0v) is 35.7. The molecule has 0 saturated carbocycles. The van der Waals surface area contributed by atoms with Gasteiger partial charge in [-0.15, -0.1) is 0 Å². The first-order valence-electron chi connectivity index (χ1n) is 20.5. The lowest BCUT2D eigenvalue weighted by molar-refractivity contribution is 0.341. The van der Waals surface area contributed by atoms with Crippen molar-refractivity contribution in [3.63, 3.8) is 0 Å². The molecule has 0 aromatic carbocycles. The molecule has 0 fully saturated rings. The predicted molar refractivity (Wildman–Crippen MR) is 233 cm³/mol. The minimum absolute atomic E-state index is 0.150. The fourth-order valence-corrected chi connectivity index (χ4v) is 6.03. The number of aliphatic hydroxyl groups is 1. The van der Waals surface area contributed by atoms with Gasteiger partial charge in [0.05, 0.1) is 6.61 Å². The Labute approximate surface area is 319 Å². The Bertz CT molecular complexity index is 1260. The van der Waals surface area contributed by atoms with E-state index in [1.807, 2.05) is 6.08 Å². The standard InChI is InChI=1S/C50H82O/c1-41(2)21-12-22-42(3)23-13-24-43(4)25-14-26-44(5)27-15-28-45(6)29-16-30-46(7)31-17-32-47(8)33-18-34-48(9)35-19-36-49(10)37-20-38-50(11)39-40-51/h21,23,25,27,29,31,33,35,37,39,51H,12-20,22,24,26,28,30,32,34,36,38,40H2,1-11H3/b42-23+,43-25-,44-27-,45-29-,46-31-,47-33-,48-35-,49-37-,50-39-. The SMILES string of the molecule is CC(C)=CCC/C(C)=C/CC/C(C)=C\CC/C(C)=C\CC/C(C)=C\CC/C(C)=C\CC/C(C)=C\CC/C(C)=C\CC/C(C)=C\CC/C(C)=C\CO. The highest BCUT2D eigenvalue weighted by Gasteiger charge is 1.98. The second-order valence-corrected chi connectivity index (χ2v) is 15.8. The van der Waals surface area contributed by atoms with Gasteiger partial charge in [-0.25, -0.2) is 0 Å². The molecule has 1 heteroatoms. The summed E-state index contributed by atoms with van der Waals surface area (Å²) in [6.45, 7) is 24.9. The Balaban J connectivity index is 4.24. The van der Waals surface area contributed by atoms with E-state index in [1.54, 1.807) is 0 Å². The van der Waals surface area contributed by atoms with E-state index in [0.29, 0.717) is 0 Å². The average molecular weight is 699 g/mol. The summed E-state index contributed by atoms with van der Waals surface area (Å²) in [5, 5.41) is 8.98. The third-order valence-electron chi connectivity index (χ3n) is 9.78. The molecule has 0 aliphatic heterocycles. The van der Waals surface area contributed by atoms with Crippen LogP contribution in [0.3, 0.4) is 0 Å². The van der Waals surface area contributed by atoms with Crippen LogP contribution in [0.4, 0.5) is 0 Å². The third kappa shape index (κ3) is 33.0. The van der Waals surface area contributed by atoms with Gasteiger partial charge in [0.25, 0.3) is 0 Å². The van der Waals surface area contributed by atoms with Crippen molar-refractivity contribution >= 4 is 0 Å². The van der Waals surface area contributed by atoms with Gasteiger partial charge in [-0.05, 0) is 192 Å². The van der Waals surface area contributed by atoms with Crippen LogP contribution in [-0.2, 0) is 0 Å². The molecule has 0 spiro atoms. The summed E-state index contributed by atoms with van der Waals surface area (Å²) < 4.78 is 0. The van der Waals surface area contributed by atoms with Gasteiger partial charge in [-0.2, -0.15) is 0 Å². The first-order valence-corrected chi connectivity index (χ1v) is 20.5. The fraction of sp³-hybridized carbons (Fsp3) is 0.600. The monoisotopic (exact) mass is 699 g/mol. The van der Waals surface area contributed by atoms with Gasteiger partial charge in [0.2, 0.25) is 0 Å². The molecule has 0 radical (unpaired) electrons. The Kier molecular flexibility index (Phi) is 30.4. The van der Waals surface area contributed by atoms with Crippen LogP contribution in [0.2, 0.25) is 0 Å². The zero-order valence-electron chi connectivity index (χ0n) is 35.7. The molecule has 0 heterocycles. The Morgan fingerprint density at radius 2 is 0.412 bits per heavy atom. The number of hydrogen-bond acceptors (Lipinski definition) is 1. The maximum Gasteiger partial charge on any atom is 0.0614 e. The van der Waals surface area contributed by atoms with Gasteiger partial charge in [0.15, 0.2) is 0 Å². The van der Waals surface area contributed by atoms with E-state index in [1.165, 1.54) is 107 Å². The number of allylic oxidation sites excluding steroid dienone is 19. The lowest BCUT2D eigenvalue weighted by Crippen LogP contribution is -1.84. The predicted octanol–water partition coefficient (Wildman–Crippen LogP) is 16.5. The molecule has 1 N–H and O–H groups in total.